The Bertz CT molecular complexity index is 671. The molecule has 0 saturated heterocycles. The summed E-state index contributed by atoms with van der Waals surface area (Å²) < 4.78 is 27.1. The van der Waals surface area contributed by atoms with E-state index in [0.717, 1.165) is 17.8 Å². The Balaban J connectivity index is 0.00000312. The lowest BCUT2D eigenvalue weighted by Crippen LogP contribution is -2.39. The number of rotatable bonds is 7. The lowest BCUT2D eigenvalue weighted by molar-refractivity contribution is 0.553. The van der Waals surface area contributed by atoms with Gasteiger partial charge in [-0.05, 0) is 25.0 Å². The second-order valence-electron chi connectivity index (χ2n) is 5.20. The topological polar surface area (TPSA) is 49.3 Å². The molecule has 1 aromatic carbocycles. The van der Waals surface area contributed by atoms with Crippen molar-refractivity contribution in [2.75, 3.05) is 20.1 Å². The zero-order valence-corrected chi connectivity index (χ0v) is 17.5. The van der Waals surface area contributed by atoms with E-state index in [2.05, 4.69) is 27.5 Å². The van der Waals surface area contributed by atoms with Crippen LogP contribution in [0.5, 0.6) is 0 Å². The van der Waals surface area contributed by atoms with Gasteiger partial charge in [-0.1, -0.05) is 13.0 Å². The van der Waals surface area contributed by atoms with Gasteiger partial charge in [0, 0.05) is 43.2 Å². The highest BCUT2D eigenvalue weighted by Gasteiger charge is 2.08. The highest BCUT2D eigenvalue weighted by Crippen LogP contribution is 2.13. The molecular formula is C17H23F2IN4S. The smallest absolute Gasteiger partial charge is 0.191 e. The molecular weight excluding hydrogens is 457 g/mol. The Morgan fingerprint density at radius 2 is 1.80 bits per heavy atom. The summed E-state index contributed by atoms with van der Waals surface area (Å²) in [7, 11) is 1.66. The van der Waals surface area contributed by atoms with Gasteiger partial charge in [0.15, 0.2) is 5.96 Å². The van der Waals surface area contributed by atoms with Crippen LogP contribution in [-0.4, -0.2) is 31.1 Å². The minimum absolute atomic E-state index is 0. The molecule has 2 N–H and O–H groups in total. The molecule has 0 saturated carbocycles. The fourth-order valence-electron chi connectivity index (χ4n) is 2.21. The minimum atomic E-state index is -0.518. The lowest BCUT2D eigenvalue weighted by atomic mass is 10.1. The molecule has 2 aromatic rings. The summed E-state index contributed by atoms with van der Waals surface area (Å²) in [4.78, 5) is 9.75. The van der Waals surface area contributed by atoms with Crippen LogP contribution in [0.1, 0.15) is 22.4 Å². The summed E-state index contributed by atoms with van der Waals surface area (Å²) in [6, 6.07) is 3.90. The third-order valence-electron chi connectivity index (χ3n) is 3.53. The first-order valence-electron chi connectivity index (χ1n) is 7.95. The number of hydrogen-bond acceptors (Lipinski definition) is 3. The van der Waals surface area contributed by atoms with Crippen LogP contribution >= 0.6 is 35.3 Å². The zero-order chi connectivity index (χ0) is 17.4. The van der Waals surface area contributed by atoms with Gasteiger partial charge >= 0.3 is 0 Å². The van der Waals surface area contributed by atoms with E-state index in [-0.39, 0.29) is 36.0 Å². The molecule has 138 valence electrons. The number of hydrogen-bond donors (Lipinski definition) is 2. The molecule has 25 heavy (non-hydrogen) atoms. The number of aromatic nitrogens is 1. The number of benzene rings is 1. The Labute approximate surface area is 168 Å². The van der Waals surface area contributed by atoms with E-state index in [9.17, 15) is 8.78 Å². The largest absolute Gasteiger partial charge is 0.356 e. The molecule has 0 radical (unpaired) electrons. The van der Waals surface area contributed by atoms with E-state index in [1.165, 1.54) is 23.1 Å². The van der Waals surface area contributed by atoms with Crippen molar-refractivity contribution in [1.82, 2.24) is 15.6 Å². The molecule has 0 atom stereocenters. The van der Waals surface area contributed by atoms with Gasteiger partial charge in [-0.3, -0.25) is 4.99 Å². The number of nitrogens with zero attached hydrogens (tertiary/aromatic N) is 2. The molecule has 1 heterocycles. The standard InChI is InChI=1S/C17H22F2N4S.HI/c1-3-12-11-23-16(24-12)8-10-22-17(20-2)21-9-7-13-14(18)5-4-6-15(13)19;/h4-6,11H,3,7-10H2,1-2H3,(H2,20,21,22);1H. The summed E-state index contributed by atoms with van der Waals surface area (Å²) in [5.74, 6) is -0.426. The number of nitrogens with one attached hydrogen (secondary N) is 2. The average Bonchev–Trinajstić information content (AvgIpc) is 3.04. The molecule has 8 heteroatoms. The van der Waals surface area contributed by atoms with Gasteiger partial charge in [-0.25, -0.2) is 13.8 Å². The predicted octanol–water partition coefficient (Wildman–Crippen LogP) is 3.55. The molecule has 0 spiro atoms. The van der Waals surface area contributed by atoms with Crippen LogP contribution in [0, 0.1) is 11.6 Å². The molecule has 1 aromatic heterocycles. The monoisotopic (exact) mass is 480 g/mol. The molecule has 4 nitrogen and oxygen atoms in total. The fourth-order valence-corrected chi connectivity index (χ4v) is 3.07. The molecule has 0 aliphatic heterocycles. The van der Waals surface area contributed by atoms with Crippen LogP contribution < -0.4 is 10.6 Å². The van der Waals surface area contributed by atoms with Crippen molar-refractivity contribution in [3.05, 3.63) is 51.5 Å². The van der Waals surface area contributed by atoms with Crippen molar-refractivity contribution < 1.29 is 8.78 Å². The van der Waals surface area contributed by atoms with Crippen molar-refractivity contribution in [3.63, 3.8) is 0 Å². The van der Waals surface area contributed by atoms with Crippen molar-refractivity contribution in [1.29, 1.82) is 0 Å². The van der Waals surface area contributed by atoms with Crippen LogP contribution in [0.4, 0.5) is 8.78 Å². The van der Waals surface area contributed by atoms with Gasteiger partial charge in [-0.2, -0.15) is 0 Å². The first kappa shape index (κ1) is 21.8. The molecule has 0 amide bonds. The van der Waals surface area contributed by atoms with E-state index in [4.69, 9.17) is 0 Å². The van der Waals surface area contributed by atoms with Crippen LogP contribution in [0.2, 0.25) is 0 Å². The van der Waals surface area contributed by atoms with Crippen LogP contribution in [-0.2, 0) is 19.3 Å². The number of aryl methyl sites for hydroxylation is 1. The Morgan fingerprint density at radius 3 is 2.36 bits per heavy atom. The Morgan fingerprint density at radius 1 is 1.16 bits per heavy atom. The first-order chi connectivity index (χ1) is 11.6. The van der Waals surface area contributed by atoms with Crippen LogP contribution in [0.3, 0.4) is 0 Å². The van der Waals surface area contributed by atoms with Crippen molar-refractivity contribution in [3.8, 4) is 0 Å². The second kappa shape index (κ2) is 11.3. The summed E-state index contributed by atoms with van der Waals surface area (Å²) >= 11 is 1.72. The van der Waals surface area contributed by atoms with Crippen molar-refractivity contribution in [2.24, 2.45) is 4.99 Å². The van der Waals surface area contributed by atoms with E-state index in [0.29, 0.717) is 19.0 Å². The van der Waals surface area contributed by atoms with Gasteiger partial charge in [0.2, 0.25) is 0 Å². The molecule has 2 rings (SSSR count). The van der Waals surface area contributed by atoms with E-state index >= 15 is 0 Å². The van der Waals surface area contributed by atoms with Gasteiger partial charge in [0.25, 0.3) is 0 Å². The van der Waals surface area contributed by atoms with Gasteiger partial charge in [-0.15, -0.1) is 35.3 Å². The van der Waals surface area contributed by atoms with Crippen molar-refractivity contribution >= 4 is 41.3 Å². The molecule has 0 aliphatic carbocycles. The third-order valence-corrected chi connectivity index (χ3v) is 4.74. The van der Waals surface area contributed by atoms with E-state index in [1.807, 2.05) is 6.20 Å². The highest BCUT2D eigenvalue weighted by atomic mass is 127. The quantitative estimate of drug-likeness (QED) is 0.362. The Hall–Kier alpha value is -1.29. The van der Waals surface area contributed by atoms with Crippen LogP contribution in [0.25, 0.3) is 0 Å². The molecule has 0 fully saturated rings. The summed E-state index contributed by atoms with van der Waals surface area (Å²) in [6.07, 6.45) is 3.98. The zero-order valence-electron chi connectivity index (χ0n) is 14.3. The normalized spacial score (nSPS) is 11.1. The summed E-state index contributed by atoms with van der Waals surface area (Å²) in [6.45, 7) is 3.21. The van der Waals surface area contributed by atoms with Crippen molar-refractivity contribution in [2.45, 2.75) is 26.2 Å². The Kier molecular flexibility index (Phi) is 9.88. The van der Waals surface area contributed by atoms with Crippen LogP contribution in [0.15, 0.2) is 29.4 Å². The highest BCUT2D eigenvalue weighted by molar-refractivity contribution is 14.0. The first-order valence-corrected chi connectivity index (χ1v) is 8.76. The second-order valence-corrected chi connectivity index (χ2v) is 6.40. The van der Waals surface area contributed by atoms with E-state index < -0.39 is 11.6 Å². The maximum absolute atomic E-state index is 13.6. The van der Waals surface area contributed by atoms with E-state index in [1.54, 1.807) is 18.4 Å². The number of halogens is 3. The summed E-state index contributed by atoms with van der Waals surface area (Å²) in [5.41, 5.74) is 0.0929. The van der Waals surface area contributed by atoms with Gasteiger partial charge in [0.05, 0.1) is 5.01 Å². The number of guanidine groups is 1. The molecule has 0 aliphatic rings. The summed E-state index contributed by atoms with van der Waals surface area (Å²) in [5, 5.41) is 7.33. The minimum Gasteiger partial charge on any atom is -0.356 e. The van der Waals surface area contributed by atoms with Gasteiger partial charge in [0.1, 0.15) is 11.6 Å². The number of aliphatic imine (C=N–C) groups is 1. The lowest BCUT2D eigenvalue weighted by Gasteiger charge is -2.12. The SMILES string of the molecule is CCc1cnc(CCNC(=NC)NCCc2c(F)cccc2F)s1.I. The molecule has 0 bridgehead atoms. The van der Waals surface area contributed by atoms with Gasteiger partial charge < -0.3 is 10.6 Å². The average molecular weight is 480 g/mol. The maximum Gasteiger partial charge on any atom is 0.191 e. The molecule has 0 unspecified atom stereocenters. The maximum atomic E-state index is 13.6. The fraction of sp³-hybridized carbons (Fsp3) is 0.412. The third kappa shape index (κ3) is 6.85. The number of thiazole rings is 1. The predicted molar refractivity (Wildman–Crippen MR) is 110 cm³/mol.